The monoisotopic (exact) mass is 746 g/mol. The van der Waals surface area contributed by atoms with Gasteiger partial charge in [0.05, 0.1) is 59.3 Å². The molecule has 1 heterocycles. The molecule has 1 rings (SSSR count). The van der Waals surface area contributed by atoms with Crippen molar-refractivity contribution in [2.24, 2.45) is 0 Å². The van der Waals surface area contributed by atoms with Crippen molar-refractivity contribution >= 4 is 36.4 Å². The highest BCUT2D eigenvalue weighted by molar-refractivity contribution is 6.82. The van der Waals surface area contributed by atoms with E-state index in [4.69, 9.17) is 54.4 Å². The van der Waals surface area contributed by atoms with E-state index in [1.54, 1.807) is 0 Å². The molecule has 0 aromatic heterocycles. The third kappa shape index (κ3) is 23.5. The largest absolute Gasteiger partial charge is 0.420 e. The maximum absolute atomic E-state index is 6.74. The highest BCUT2D eigenvalue weighted by Gasteiger charge is 2.48. The van der Waals surface area contributed by atoms with Gasteiger partial charge >= 0.3 is 26.4 Å². The number of hydrogen-bond acceptors (Lipinski definition) is 12. The molecule has 0 bridgehead atoms. The fraction of sp³-hybridized carbons (Fsp3) is 1.00. The molecule has 1 unspecified atom stereocenters. The van der Waals surface area contributed by atoms with Crippen LogP contribution in [0.3, 0.4) is 0 Å². The van der Waals surface area contributed by atoms with Crippen LogP contribution in [0, 0.1) is 0 Å². The van der Waals surface area contributed by atoms with E-state index in [2.05, 4.69) is 27.7 Å². The van der Waals surface area contributed by atoms with Gasteiger partial charge in [0, 0.05) is 26.4 Å². The zero-order chi connectivity index (χ0) is 34.7. The van der Waals surface area contributed by atoms with Gasteiger partial charge in [0.15, 0.2) is 0 Å². The van der Waals surface area contributed by atoms with E-state index in [-0.39, 0.29) is 26.2 Å². The molecule has 16 heteroatoms. The summed E-state index contributed by atoms with van der Waals surface area (Å²) < 4.78 is 75.3. The Labute approximate surface area is 292 Å². The molecule has 0 aliphatic carbocycles. The predicted octanol–water partition coefficient (Wildman–Crippen LogP) is 4.97. The predicted molar refractivity (Wildman–Crippen MR) is 193 cm³/mol. The third-order valence-electron chi connectivity index (χ3n) is 7.15. The van der Waals surface area contributed by atoms with Crippen LogP contribution in [-0.4, -0.2) is 127 Å². The molecule has 0 N–H and O–H groups in total. The molecule has 282 valence electrons. The third-order valence-corrected chi connectivity index (χ3v) is 21.1. The summed E-state index contributed by atoms with van der Waals surface area (Å²) in [5, 5.41) is 0. The number of rotatable bonds is 31. The van der Waals surface area contributed by atoms with Crippen LogP contribution < -0.4 is 0 Å². The van der Waals surface area contributed by atoms with Crippen molar-refractivity contribution in [3.8, 4) is 0 Å². The lowest BCUT2D eigenvalue weighted by Gasteiger charge is -2.42. The number of ether oxygens (including phenoxy) is 8. The SMILES string of the molecule is CCCCOCCOC(CC(OCCOCCCC)(OCCOCCCC)OCCOCCCC)[SiH]1O[Si](C)(C)O[SiH2]O[Si](C)(C)O1. The second kappa shape index (κ2) is 28.0. The van der Waals surface area contributed by atoms with Gasteiger partial charge in [-0.15, -0.1) is 0 Å². The van der Waals surface area contributed by atoms with Gasteiger partial charge in [-0.1, -0.05) is 53.4 Å². The summed E-state index contributed by atoms with van der Waals surface area (Å²) >= 11 is 0. The molecule has 0 radical (unpaired) electrons. The number of unbranched alkanes of at least 4 members (excludes halogenated alkanes) is 4. The van der Waals surface area contributed by atoms with Crippen molar-refractivity contribution in [3.63, 3.8) is 0 Å². The van der Waals surface area contributed by atoms with E-state index in [9.17, 15) is 0 Å². The second-order valence-electron chi connectivity index (χ2n) is 12.5. The minimum atomic E-state index is -2.62. The van der Waals surface area contributed by atoms with Gasteiger partial charge in [0.25, 0.3) is 16.0 Å². The van der Waals surface area contributed by atoms with E-state index < -0.39 is 48.1 Å². The van der Waals surface area contributed by atoms with E-state index in [1.807, 2.05) is 26.2 Å². The van der Waals surface area contributed by atoms with Gasteiger partial charge in [-0.25, -0.2) is 0 Å². The maximum atomic E-state index is 6.74. The molecule has 0 spiro atoms. The highest BCUT2D eigenvalue weighted by Crippen LogP contribution is 2.29. The summed E-state index contributed by atoms with van der Waals surface area (Å²) in [5.74, 6) is -1.47. The Kier molecular flexibility index (Phi) is 27.1. The Hall–Kier alpha value is 0.388. The first-order valence-corrected chi connectivity index (χ1v) is 26.5. The van der Waals surface area contributed by atoms with Crippen LogP contribution >= 0.6 is 0 Å². The summed E-state index contributed by atoms with van der Waals surface area (Å²) in [4.78, 5) is 0. The molecular weight excluding hydrogens is 677 g/mol. The van der Waals surface area contributed by atoms with Crippen LogP contribution in [0.25, 0.3) is 0 Å². The maximum Gasteiger partial charge on any atom is 0.334 e. The highest BCUT2D eigenvalue weighted by atomic mass is 28.5. The van der Waals surface area contributed by atoms with Crippen LogP contribution in [0.4, 0.5) is 0 Å². The van der Waals surface area contributed by atoms with Gasteiger partial charge < -0.3 is 54.4 Å². The Morgan fingerprint density at radius 3 is 1.26 bits per heavy atom. The van der Waals surface area contributed by atoms with Crippen molar-refractivity contribution in [1.29, 1.82) is 0 Å². The molecule has 1 saturated heterocycles. The van der Waals surface area contributed by atoms with Crippen LogP contribution in [0.2, 0.25) is 26.2 Å². The Morgan fingerprint density at radius 1 is 0.532 bits per heavy atom. The summed E-state index contributed by atoms with van der Waals surface area (Å²) in [6.45, 7) is 22.3. The fourth-order valence-electron chi connectivity index (χ4n) is 4.32. The lowest BCUT2D eigenvalue weighted by Crippen LogP contribution is -2.59. The summed E-state index contributed by atoms with van der Waals surface area (Å²) in [5.41, 5.74) is -0.515. The molecule has 12 nitrogen and oxygen atoms in total. The minimum absolute atomic E-state index is 0.212. The first kappa shape index (κ1) is 45.4. The standard InChI is InChI=1S/C31H70O12Si4/c1-9-13-17-32-21-25-36-30(45-42-46(5,6)40-44-41-47(7,8)43-45)29-31(37-26-22-33-18-14-10-2,38-27-23-34-19-15-11-3)39-28-24-35-20-16-12-4/h30,45H,9-29,44H2,1-8H3. The second-order valence-corrected chi connectivity index (χ2v) is 24.0. The van der Waals surface area contributed by atoms with Crippen LogP contribution in [-0.2, 0) is 54.4 Å². The Morgan fingerprint density at radius 2 is 0.894 bits per heavy atom. The van der Waals surface area contributed by atoms with E-state index in [1.165, 1.54) is 0 Å². The van der Waals surface area contributed by atoms with Gasteiger partial charge in [-0.05, 0) is 51.9 Å². The molecule has 1 atom stereocenters. The summed E-state index contributed by atoms with van der Waals surface area (Å²) in [6.07, 6.45) is 8.46. The van der Waals surface area contributed by atoms with E-state index in [0.717, 1.165) is 51.4 Å². The molecule has 47 heavy (non-hydrogen) atoms. The van der Waals surface area contributed by atoms with Gasteiger partial charge in [0.2, 0.25) is 0 Å². The van der Waals surface area contributed by atoms with Crippen molar-refractivity contribution in [3.05, 3.63) is 0 Å². The van der Waals surface area contributed by atoms with Crippen LogP contribution in [0.15, 0.2) is 0 Å². The van der Waals surface area contributed by atoms with Crippen LogP contribution in [0.5, 0.6) is 0 Å². The topological polar surface area (TPSA) is 111 Å². The summed E-state index contributed by atoms with van der Waals surface area (Å²) in [7, 11) is -8.89. The molecule has 1 fully saturated rings. The normalized spacial score (nSPS) is 19.5. The molecule has 0 saturated carbocycles. The summed E-state index contributed by atoms with van der Waals surface area (Å²) in [6, 6.07) is 0. The lowest BCUT2D eigenvalue weighted by atomic mass is 10.3. The first-order chi connectivity index (χ1) is 22.6. The van der Waals surface area contributed by atoms with Crippen molar-refractivity contribution in [1.82, 2.24) is 0 Å². The minimum Gasteiger partial charge on any atom is -0.420 e. The van der Waals surface area contributed by atoms with Crippen molar-refractivity contribution < 1.29 is 54.4 Å². The average Bonchev–Trinajstić information content (AvgIpc) is 3.02. The Bertz CT molecular complexity index is 667. The lowest BCUT2D eigenvalue weighted by molar-refractivity contribution is -0.392. The Balaban J connectivity index is 3.30. The molecular formula is C31H70O12Si4. The quantitative estimate of drug-likeness (QED) is 0.0543. The number of hydrogen-bond donors (Lipinski definition) is 0. The van der Waals surface area contributed by atoms with E-state index >= 15 is 0 Å². The zero-order valence-electron chi connectivity index (χ0n) is 31.1. The molecule has 0 aromatic carbocycles. The van der Waals surface area contributed by atoms with Crippen LogP contribution in [0.1, 0.15) is 85.5 Å². The van der Waals surface area contributed by atoms with Gasteiger partial charge in [-0.3, -0.25) is 0 Å². The molecule has 1 aliphatic rings. The average molecular weight is 747 g/mol. The van der Waals surface area contributed by atoms with E-state index in [0.29, 0.717) is 59.5 Å². The van der Waals surface area contributed by atoms with Gasteiger partial charge in [-0.2, -0.15) is 0 Å². The van der Waals surface area contributed by atoms with Crippen molar-refractivity contribution in [2.75, 3.05) is 79.3 Å². The first-order valence-electron chi connectivity index (χ1n) is 18.1. The van der Waals surface area contributed by atoms with Crippen molar-refractivity contribution in [2.45, 2.75) is 123 Å². The fourth-order valence-corrected chi connectivity index (χ4v) is 16.2. The smallest absolute Gasteiger partial charge is 0.334 e. The molecule has 1 aliphatic heterocycles. The molecule has 0 amide bonds. The van der Waals surface area contributed by atoms with Gasteiger partial charge in [0.1, 0.15) is 5.73 Å². The molecule has 0 aromatic rings. The zero-order valence-corrected chi connectivity index (χ0v) is 35.7.